The van der Waals surface area contributed by atoms with Crippen molar-refractivity contribution in [3.63, 3.8) is 0 Å². The first-order valence-electron chi connectivity index (χ1n) is 4.16. The van der Waals surface area contributed by atoms with E-state index in [4.69, 9.17) is 4.42 Å². The van der Waals surface area contributed by atoms with Crippen molar-refractivity contribution in [2.24, 2.45) is 0 Å². The summed E-state index contributed by atoms with van der Waals surface area (Å²) >= 11 is 0. The maximum absolute atomic E-state index is 11.2. The van der Waals surface area contributed by atoms with Crippen LogP contribution in [0.15, 0.2) is 40.0 Å². The molecule has 0 spiro atoms. The van der Waals surface area contributed by atoms with E-state index in [9.17, 15) is 4.79 Å². The fourth-order valence-corrected chi connectivity index (χ4v) is 1.06. The predicted molar refractivity (Wildman–Crippen MR) is 50.9 cm³/mol. The number of nitrogens with one attached hydrogen (secondary N) is 2. The molecule has 5 heteroatoms. The maximum atomic E-state index is 11.2. The highest BCUT2D eigenvalue weighted by Crippen LogP contribution is 2.01. The van der Waals surface area contributed by atoms with Crippen molar-refractivity contribution in [2.45, 2.75) is 6.54 Å². The molecule has 0 aliphatic carbocycles. The van der Waals surface area contributed by atoms with Crippen LogP contribution in [0.5, 0.6) is 0 Å². The normalized spacial score (nSPS) is 10.0. The van der Waals surface area contributed by atoms with Gasteiger partial charge < -0.3 is 14.7 Å². The lowest BCUT2D eigenvalue weighted by atomic mass is 10.4. The number of H-pyrrole nitrogens is 1. The number of hydrogen-bond donors (Lipinski definition) is 2. The van der Waals surface area contributed by atoms with E-state index < -0.39 is 0 Å². The highest BCUT2D eigenvalue weighted by Gasteiger charge is 1.99. The van der Waals surface area contributed by atoms with E-state index >= 15 is 0 Å². The largest absolute Gasteiger partial charge is 0.467 e. The van der Waals surface area contributed by atoms with Crippen LogP contribution in [0, 0.1) is 0 Å². The van der Waals surface area contributed by atoms with Gasteiger partial charge in [0, 0.05) is 12.4 Å². The molecule has 0 aliphatic heterocycles. The topological polar surface area (TPSA) is 70.9 Å². The molecule has 0 fully saturated rings. The zero-order valence-electron chi connectivity index (χ0n) is 7.36. The van der Waals surface area contributed by atoms with Gasteiger partial charge >= 0.3 is 0 Å². The molecule has 0 atom stereocenters. The van der Waals surface area contributed by atoms with Crippen LogP contribution in [0.2, 0.25) is 0 Å². The molecule has 14 heavy (non-hydrogen) atoms. The number of aromatic amines is 1. The van der Waals surface area contributed by atoms with Gasteiger partial charge in [0.2, 0.25) is 0 Å². The summed E-state index contributed by atoms with van der Waals surface area (Å²) in [7, 11) is 0. The molecule has 2 aromatic heterocycles. The summed E-state index contributed by atoms with van der Waals surface area (Å²) in [5, 5.41) is 2.87. The Labute approximate surface area is 79.8 Å². The van der Waals surface area contributed by atoms with E-state index in [1.165, 1.54) is 12.4 Å². The van der Waals surface area contributed by atoms with Crippen LogP contribution in [-0.4, -0.2) is 9.97 Å². The highest BCUT2D eigenvalue weighted by molar-refractivity contribution is 5.30. The fraction of sp³-hybridized carbons (Fsp3) is 0.111. The molecule has 5 nitrogen and oxygen atoms in total. The first-order chi connectivity index (χ1) is 6.86. The van der Waals surface area contributed by atoms with Crippen molar-refractivity contribution in [2.75, 3.05) is 5.32 Å². The van der Waals surface area contributed by atoms with Gasteiger partial charge in [-0.25, -0.2) is 4.98 Å². The second-order valence-electron chi connectivity index (χ2n) is 2.70. The zero-order valence-corrected chi connectivity index (χ0v) is 7.36. The Hall–Kier alpha value is -2.04. The number of rotatable bonds is 3. The van der Waals surface area contributed by atoms with Gasteiger partial charge in [-0.05, 0) is 12.1 Å². The Kier molecular flexibility index (Phi) is 2.31. The van der Waals surface area contributed by atoms with Crippen LogP contribution in [0.4, 0.5) is 5.82 Å². The Balaban J connectivity index is 2.06. The van der Waals surface area contributed by atoms with E-state index in [2.05, 4.69) is 15.3 Å². The van der Waals surface area contributed by atoms with Crippen molar-refractivity contribution in [1.82, 2.24) is 9.97 Å². The van der Waals surface area contributed by atoms with Gasteiger partial charge in [-0.3, -0.25) is 4.79 Å². The summed E-state index contributed by atoms with van der Waals surface area (Å²) in [4.78, 5) is 17.6. The molecular formula is C9H9N3O2. The van der Waals surface area contributed by atoms with Gasteiger partial charge in [0.05, 0.1) is 12.8 Å². The van der Waals surface area contributed by atoms with Gasteiger partial charge in [-0.2, -0.15) is 0 Å². The van der Waals surface area contributed by atoms with E-state index in [1.54, 1.807) is 12.3 Å². The van der Waals surface area contributed by atoms with Crippen molar-refractivity contribution in [3.05, 3.63) is 46.9 Å². The smallest absolute Gasteiger partial charge is 0.290 e. The van der Waals surface area contributed by atoms with Gasteiger partial charge in [0.15, 0.2) is 5.82 Å². The monoisotopic (exact) mass is 191 g/mol. The maximum Gasteiger partial charge on any atom is 0.290 e. The summed E-state index contributed by atoms with van der Waals surface area (Å²) in [6, 6.07) is 3.61. The SMILES string of the molecule is O=c1[nH]ccnc1NCc1ccco1. The quantitative estimate of drug-likeness (QED) is 0.758. The van der Waals surface area contributed by atoms with Crippen LogP contribution >= 0.6 is 0 Å². The molecular weight excluding hydrogens is 182 g/mol. The Morgan fingerprint density at radius 2 is 2.50 bits per heavy atom. The van der Waals surface area contributed by atoms with Crippen molar-refractivity contribution < 1.29 is 4.42 Å². The second-order valence-corrected chi connectivity index (χ2v) is 2.70. The summed E-state index contributed by atoms with van der Waals surface area (Å²) in [6.07, 6.45) is 4.59. The molecule has 0 aliphatic rings. The zero-order chi connectivity index (χ0) is 9.80. The minimum absolute atomic E-state index is 0.237. The van der Waals surface area contributed by atoms with Crippen molar-refractivity contribution in [3.8, 4) is 0 Å². The molecule has 0 saturated carbocycles. The predicted octanol–water partition coefficient (Wildman–Crippen LogP) is 0.975. The summed E-state index contributed by atoms with van der Waals surface area (Å²) in [5.41, 5.74) is -0.237. The molecule has 0 radical (unpaired) electrons. The number of hydrogen-bond acceptors (Lipinski definition) is 4. The first-order valence-corrected chi connectivity index (χ1v) is 4.16. The molecule has 0 aromatic carbocycles. The van der Waals surface area contributed by atoms with Crippen LogP contribution in [0.25, 0.3) is 0 Å². The second kappa shape index (κ2) is 3.78. The fourth-order valence-electron chi connectivity index (χ4n) is 1.06. The Morgan fingerprint density at radius 3 is 3.21 bits per heavy atom. The van der Waals surface area contributed by atoms with E-state index in [0.717, 1.165) is 5.76 Å². The summed E-state index contributed by atoms with van der Waals surface area (Å²) in [5.74, 6) is 1.05. The molecule has 72 valence electrons. The molecule has 0 saturated heterocycles. The number of nitrogens with zero attached hydrogens (tertiary/aromatic N) is 1. The number of aromatic nitrogens is 2. The minimum atomic E-state index is -0.237. The third kappa shape index (κ3) is 1.82. The molecule has 0 bridgehead atoms. The van der Waals surface area contributed by atoms with E-state index in [-0.39, 0.29) is 5.56 Å². The summed E-state index contributed by atoms with van der Waals surface area (Å²) in [6.45, 7) is 0.451. The average Bonchev–Trinajstić information content (AvgIpc) is 2.69. The summed E-state index contributed by atoms with van der Waals surface area (Å²) < 4.78 is 5.09. The number of anilines is 1. The van der Waals surface area contributed by atoms with Crippen LogP contribution < -0.4 is 10.9 Å². The van der Waals surface area contributed by atoms with Crippen LogP contribution in [-0.2, 0) is 6.54 Å². The van der Waals surface area contributed by atoms with E-state index in [1.807, 2.05) is 6.07 Å². The molecule has 0 amide bonds. The lowest BCUT2D eigenvalue weighted by molar-refractivity contribution is 0.517. The lowest BCUT2D eigenvalue weighted by Gasteiger charge is -2.00. The third-order valence-electron chi connectivity index (χ3n) is 1.72. The van der Waals surface area contributed by atoms with Crippen LogP contribution in [0.1, 0.15) is 5.76 Å². The Morgan fingerprint density at radius 1 is 1.57 bits per heavy atom. The lowest BCUT2D eigenvalue weighted by Crippen LogP contribution is -2.14. The van der Waals surface area contributed by atoms with Gasteiger partial charge in [0.25, 0.3) is 5.56 Å². The Bertz CT molecular complexity index is 447. The van der Waals surface area contributed by atoms with Gasteiger partial charge in [0.1, 0.15) is 5.76 Å². The molecule has 2 heterocycles. The van der Waals surface area contributed by atoms with Crippen molar-refractivity contribution in [1.29, 1.82) is 0 Å². The molecule has 2 aromatic rings. The standard InChI is InChI=1S/C9H9N3O2/c13-9-8(10-3-4-11-9)12-6-7-2-1-5-14-7/h1-5H,6H2,(H,10,12)(H,11,13). The highest BCUT2D eigenvalue weighted by atomic mass is 16.3. The molecule has 2 N–H and O–H groups in total. The average molecular weight is 191 g/mol. The number of furan rings is 1. The third-order valence-corrected chi connectivity index (χ3v) is 1.72. The van der Waals surface area contributed by atoms with E-state index in [0.29, 0.717) is 12.4 Å². The molecule has 0 unspecified atom stereocenters. The molecule has 2 rings (SSSR count). The minimum Gasteiger partial charge on any atom is -0.467 e. The van der Waals surface area contributed by atoms with Crippen LogP contribution in [0.3, 0.4) is 0 Å². The van der Waals surface area contributed by atoms with Gasteiger partial charge in [-0.1, -0.05) is 0 Å². The first kappa shape index (κ1) is 8.55. The van der Waals surface area contributed by atoms with Crippen molar-refractivity contribution >= 4 is 5.82 Å². The van der Waals surface area contributed by atoms with Gasteiger partial charge in [-0.15, -0.1) is 0 Å².